The SMILES string of the molecule is CNS(=O)(=O)CCN1CCC[C@@H]1Cc1c[nH]c2ccc(CCC3(O)CCCC3)cc12. The second kappa shape index (κ2) is 8.99. The van der Waals surface area contributed by atoms with E-state index in [1.165, 1.54) is 23.6 Å². The Labute approximate surface area is 180 Å². The van der Waals surface area contributed by atoms with Gasteiger partial charge >= 0.3 is 0 Å². The van der Waals surface area contributed by atoms with Crippen LogP contribution in [0.3, 0.4) is 0 Å². The molecule has 2 fully saturated rings. The first-order chi connectivity index (χ1) is 14.4. The van der Waals surface area contributed by atoms with E-state index in [1.54, 1.807) is 0 Å². The van der Waals surface area contributed by atoms with Gasteiger partial charge in [-0.3, -0.25) is 4.90 Å². The van der Waals surface area contributed by atoms with Crippen LogP contribution in [0.15, 0.2) is 24.4 Å². The first-order valence-electron chi connectivity index (χ1n) is 11.3. The van der Waals surface area contributed by atoms with E-state index in [9.17, 15) is 13.5 Å². The summed E-state index contributed by atoms with van der Waals surface area (Å²) >= 11 is 0. The zero-order valence-corrected chi connectivity index (χ0v) is 18.8. The number of rotatable bonds is 9. The lowest BCUT2D eigenvalue weighted by molar-refractivity contribution is 0.0391. The lowest BCUT2D eigenvalue weighted by Gasteiger charge is -2.24. The molecule has 166 valence electrons. The number of aromatic nitrogens is 1. The van der Waals surface area contributed by atoms with Crippen molar-refractivity contribution in [3.8, 4) is 0 Å². The van der Waals surface area contributed by atoms with Crippen molar-refractivity contribution in [3.05, 3.63) is 35.5 Å². The Kier molecular flexibility index (Phi) is 6.53. The van der Waals surface area contributed by atoms with Gasteiger partial charge in [0.15, 0.2) is 0 Å². The van der Waals surface area contributed by atoms with Crippen LogP contribution in [0, 0.1) is 0 Å². The van der Waals surface area contributed by atoms with Gasteiger partial charge in [-0.15, -0.1) is 0 Å². The number of likely N-dealkylation sites (tertiary alicyclic amines) is 1. The molecule has 2 aliphatic rings. The van der Waals surface area contributed by atoms with Crippen LogP contribution in [-0.4, -0.2) is 60.9 Å². The van der Waals surface area contributed by atoms with Crippen LogP contribution in [0.1, 0.15) is 56.1 Å². The van der Waals surface area contributed by atoms with Crippen molar-refractivity contribution >= 4 is 20.9 Å². The van der Waals surface area contributed by atoms with Crippen LogP contribution in [-0.2, 0) is 22.9 Å². The van der Waals surface area contributed by atoms with E-state index in [-0.39, 0.29) is 5.75 Å². The monoisotopic (exact) mass is 433 g/mol. The first-order valence-corrected chi connectivity index (χ1v) is 13.0. The molecule has 6 nitrogen and oxygen atoms in total. The summed E-state index contributed by atoms with van der Waals surface area (Å²) in [6.45, 7) is 1.55. The predicted molar refractivity (Wildman–Crippen MR) is 121 cm³/mol. The van der Waals surface area contributed by atoms with Gasteiger partial charge in [0.1, 0.15) is 0 Å². The third kappa shape index (κ3) is 5.07. The van der Waals surface area contributed by atoms with Crippen LogP contribution in [0.4, 0.5) is 0 Å². The third-order valence-corrected chi connectivity index (χ3v) is 8.50. The van der Waals surface area contributed by atoms with Gasteiger partial charge in [0.05, 0.1) is 11.4 Å². The van der Waals surface area contributed by atoms with Gasteiger partial charge in [-0.25, -0.2) is 13.1 Å². The average molecular weight is 434 g/mol. The normalized spacial score (nSPS) is 22.3. The zero-order chi connectivity index (χ0) is 21.2. The first kappa shape index (κ1) is 21.8. The Balaban J connectivity index is 1.43. The van der Waals surface area contributed by atoms with E-state index in [2.05, 4.69) is 39.0 Å². The van der Waals surface area contributed by atoms with Gasteiger partial charge in [0, 0.05) is 29.7 Å². The zero-order valence-electron chi connectivity index (χ0n) is 18.0. The van der Waals surface area contributed by atoms with E-state index in [0.29, 0.717) is 12.6 Å². The van der Waals surface area contributed by atoms with Gasteiger partial charge < -0.3 is 10.1 Å². The minimum absolute atomic E-state index is 0.154. The fourth-order valence-corrected chi connectivity index (χ4v) is 5.90. The van der Waals surface area contributed by atoms with Crippen molar-refractivity contribution < 1.29 is 13.5 Å². The third-order valence-electron chi connectivity index (χ3n) is 7.16. The van der Waals surface area contributed by atoms with Gasteiger partial charge in [-0.2, -0.15) is 0 Å². The molecule has 0 bridgehead atoms. The number of hydrogen-bond donors (Lipinski definition) is 3. The molecular formula is C23H35N3O3S. The molecule has 2 aromatic rings. The number of hydrogen-bond acceptors (Lipinski definition) is 4. The number of aromatic amines is 1. The highest BCUT2D eigenvalue weighted by molar-refractivity contribution is 7.89. The molecule has 0 unspecified atom stereocenters. The molecular weight excluding hydrogens is 398 g/mol. The lowest BCUT2D eigenvalue weighted by Crippen LogP contribution is -2.37. The van der Waals surface area contributed by atoms with E-state index >= 15 is 0 Å². The molecule has 1 aromatic carbocycles. The van der Waals surface area contributed by atoms with E-state index < -0.39 is 15.6 Å². The molecule has 1 atom stereocenters. The molecule has 0 amide bonds. The Morgan fingerprint density at radius 3 is 2.83 bits per heavy atom. The minimum Gasteiger partial charge on any atom is -0.390 e. The number of aryl methyl sites for hydroxylation is 1. The highest BCUT2D eigenvalue weighted by atomic mass is 32.2. The van der Waals surface area contributed by atoms with Crippen molar-refractivity contribution in [2.45, 2.75) is 69.4 Å². The summed E-state index contributed by atoms with van der Waals surface area (Å²) in [5, 5.41) is 11.9. The highest BCUT2D eigenvalue weighted by Crippen LogP contribution is 2.34. The number of nitrogens with one attached hydrogen (secondary N) is 2. The molecule has 0 spiro atoms. The number of H-pyrrole nitrogens is 1. The van der Waals surface area contributed by atoms with Gasteiger partial charge in [0.2, 0.25) is 10.0 Å². The van der Waals surface area contributed by atoms with Gasteiger partial charge in [-0.1, -0.05) is 18.9 Å². The molecule has 3 N–H and O–H groups in total. The molecule has 1 aliphatic heterocycles. The summed E-state index contributed by atoms with van der Waals surface area (Å²) in [5.41, 5.74) is 3.27. The second-order valence-corrected chi connectivity index (χ2v) is 11.2. The molecule has 7 heteroatoms. The Morgan fingerprint density at radius 1 is 1.27 bits per heavy atom. The van der Waals surface area contributed by atoms with Crippen molar-refractivity contribution in [3.63, 3.8) is 0 Å². The van der Waals surface area contributed by atoms with Crippen molar-refractivity contribution in [1.29, 1.82) is 0 Å². The molecule has 1 saturated heterocycles. The van der Waals surface area contributed by atoms with E-state index in [4.69, 9.17) is 0 Å². The number of fused-ring (bicyclic) bond motifs is 1. The summed E-state index contributed by atoms with van der Waals surface area (Å²) in [7, 11) is -1.69. The molecule has 1 aliphatic carbocycles. The Morgan fingerprint density at radius 2 is 2.07 bits per heavy atom. The van der Waals surface area contributed by atoms with Crippen LogP contribution in [0.2, 0.25) is 0 Å². The van der Waals surface area contributed by atoms with Crippen molar-refractivity contribution in [2.75, 3.05) is 25.9 Å². The lowest BCUT2D eigenvalue weighted by atomic mass is 9.92. The maximum absolute atomic E-state index is 11.8. The van der Waals surface area contributed by atoms with Crippen LogP contribution in [0.5, 0.6) is 0 Å². The maximum Gasteiger partial charge on any atom is 0.212 e. The van der Waals surface area contributed by atoms with Crippen LogP contribution in [0.25, 0.3) is 10.9 Å². The summed E-state index contributed by atoms with van der Waals surface area (Å²) in [6, 6.07) is 6.99. The summed E-state index contributed by atoms with van der Waals surface area (Å²) < 4.78 is 26.0. The number of nitrogens with zero attached hydrogens (tertiary/aromatic N) is 1. The molecule has 1 saturated carbocycles. The molecule has 2 heterocycles. The largest absolute Gasteiger partial charge is 0.390 e. The highest BCUT2D eigenvalue weighted by Gasteiger charge is 2.30. The van der Waals surface area contributed by atoms with Crippen molar-refractivity contribution in [2.24, 2.45) is 0 Å². The second-order valence-electron chi connectivity index (χ2n) is 9.18. The number of sulfonamides is 1. The molecule has 0 radical (unpaired) electrons. The van der Waals surface area contributed by atoms with Gasteiger partial charge in [0.25, 0.3) is 0 Å². The molecule has 30 heavy (non-hydrogen) atoms. The summed E-state index contributed by atoms with van der Waals surface area (Å²) in [4.78, 5) is 5.73. The van der Waals surface area contributed by atoms with Crippen LogP contribution >= 0.6 is 0 Å². The Hall–Kier alpha value is -1.41. The van der Waals surface area contributed by atoms with E-state index in [1.807, 2.05) is 0 Å². The molecule has 4 rings (SSSR count). The Bertz CT molecular complexity index is 963. The summed E-state index contributed by atoms with van der Waals surface area (Å²) in [5.74, 6) is 0.154. The van der Waals surface area contributed by atoms with E-state index in [0.717, 1.165) is 69.8 Å². The maximum atomic E-state index is 11.8. The number of aliphatic hydroxyl groups is 1. The topological polar surface area (TPSA) is 85.4 Å². The predicted octanol–water partition coefficient (Wildman–Crippen LogP) is 2.96. The fraction of sp³-hybridized carbons (Fsp3) is 0.652. The van der Waals surface area contributed by atoms with Crippen LogP contribution < -0.4 is 4.72 Å². The quantitative estimate of drug-likeness (QED) is 0.568. The molecule has 1 aromatic heterocycles. The average Bonchev–Trinajstić information content (AvgIpc) is 3.46. The standard InChI is InChI=1S/C23H35N3O3S/c1-24-30(28,29)14-13-26-12-4-5-20(26)16-19-17-25-22-7-6-18(15-21(19)22)8-11-23(27)9-2-3-10-23/h6-7,15,17,20,24-25,27H,2-5,8-14,16H2,1H3/t20-/m1/s1. The minimum atomic E-state index is -3.17. The van der Waals surface area contributed by atoms with Crippen molar-refractivity contribution in [1.82, 2.24) is 14.6 Å². The van der Waals surface area contributed by atoms with Gasteiger partial charge in [-0.05, 0) is 81.8 Å². The number of benzene rings is 1. The smallest absolute Gasteiger partial charge is 0.212 e. The fourth-order valence-electron chi connectivity index (χ4n) is 5.22. The summed E-state index contributed by atoms with van der Waals surface area (Å²) in [6.07, 6.45) is 11.2.